The smallest absolute Gasteiger partial charge is 0.218 e. The number of benzene rings is 1. The van der Waals surface area contributed by atoms with Crippen molar-refractivity contribution in [2.75, 3.05) is 6.54 Å². The molecule has 0 aliphatic carbocycles. The first-order valence-corrected chi connectivity index (χ1v) is 5.44. The Morgan fingerprint density at radius 1 is 1.12 bits per heavy atom. The van der Waals surface area contributed by atoms with E-state index < -0.39 is 0 Å². The van der Waals surface area contributed by atoms with Gasteiger partial charge in [-0.1, -0.05) is 18.2 Å². The van der Waals surface area contributed by atoms with Gasteiger partial charge in [-0.15, -0.1) is 0 Å². The Balaban J connectivity index is 2.56. The van der Waals surface area contributed by atoms with E-state index in [-0.39, 0.29) is 11.9 Å². The Hall–Kier alpha value is -2.04. The van der Waals surface area contributed by atoms with E-state index in [1.807, 2.05) is 0 Å². The molecule has 5 heteroatoms. The SMILES string of the molecule is Cc1ccc(CCN=C(N)N=C(N)N)cc1C. The van der Waals surface area contributed by atoms with Crippen LogP contribution in [0, 0.1) is 13.8 Å². The molecule has 0 radical (unpaired) electrons. The second-order valence-electron chi connectivity index (χ2n) is 3.95. The van der Waals surface area contributed by atoms with Crippen LogP contribution in [-0.2, 0) is 6.42 Å². The minimum atomic E-state index is -0.0718. The van der Waals surface area contributed by atoms with Crippen LogP contribution in [0.2, 0.25) is 0 Å². The first-order chi connectivity index (χ1) is 7.99. The molecule has 0 spiro atoms. The summed E-state index contributed by atoms with van der Waals surface area (Å²) in [5.74, 6) is 0.0475. The van der Waals surface area contributed by atoms with Crippen LogP contribution in [0.4, 0.5) is 0 Å². The third kappa shape index (κ3) is 4.55. The molecule has 1 aromatic carbocycles. The summed E-state index contributed by atoms with van der Waals surface area (Å²) >= 11 is 0. The van der Waals surface area contributed by atoms with Gasteiger partial charge in [-0.05, 0) is 37.0 Å². The van der Waals surface area contributed by atoms with Gasteiger partial charge in [0.2, 0.25) is 5.96 Å². The number of rotatable bonds is 3. The first-order valence-electron chi connectivity index (χ1n) is 5.44. The van der Waals surface area contributed by atoms with Gasteiger partial charge in [0.05, 0.1) is 0 Å². The highest BCUT2D eigenvalue weighted by Crippen LogP contribution is 2.10. The normalized spacial score (nSPS) is 11.3. The second-order valence-corrected chi connectivity index (χ2v) is 3.95. The lowest BCUT2D eigenvalue weighted by Crippen LogP contribution is -2.26. The minimum Gasteiger partial charge on any atom is -0.370 e. The van der Waals surface area contributed by atoms with Crippen molar-refractivity contribution in [2.45, 2.75) is 20.3 Å². The molecule has 6 N–H and O–H groups in total. The van der Waals surface area contributed by atoms with E-state index in [9.17, 15) is 0 Å². The number of aryl methyl sites for hydroxylation is 2. The van der Waals surface area contributed by atoms with Crippen molar-refractivity contribution in [3.8, 4) is 0 Å². The molecule has 0 amide bonds. The van der Waals surface area contributed by atoms with Crippen molar-refractivity contribution < 1.29 is 0 Å². The molecule has 1 rings (SSSR count). The zero-order valence-electron chi connectivity index (χ0n) is 10.3. The van der Waals surface area contributed by atoms with Crippen LogP contribution in [0.3, 0.4) is 0 Å². The third-order valence-corrected chi connectivity index (χ3v) is 2.49. The fourth-order valence-electron chi connectivity index (χ4n) is 1.43. The molecule has 0 saturated carbocycles. The van der Waals surface area contributed by atoms with Gasteiger partial charge < -0.3 is 17.2 Å². The zero-order chi connectivity index (χ0) is 12.8. The summed E-state index contributed by atoms with van der Waals surface area (Å²) in [5, 5.41) is 0. The summed E-state index contributed by atoms with van der Waals surface area (Å²) in [7, 11) is 0. The molecule has 0 saturated heterocycles. The molecule has 0 unspecified atom stereocenters. The lowest BCUT2D eigenvalue weighted by molar-refractivity contribution is 0.958. The third-order valence-electron chi connectivity index (χ3n) is 2.49. The number of hydrogen-bond acceptors (Lipinski definition) is 1. The summed E-state index contributed by atoms with van der Waals surface area (Å²) in [6.45, 7) is 4.76. The maximum absolute atomic E-state index is 5.50. The molecule has 0 aliphatic heterocycles. The van der Waals surface area contributed by atoms with E-state index in [0.29, 0.717) is 6.54 Å². The average molecular weight is 233 g/mol. The summed E-state index contributed by atoms with van der Waals surface area (Å²) in [5.41, 5.74) is 19.7. The Morgan fingerprint density at radius 3 is 2.41 bits per heavy atom. The topological polar surface area (TPSA) is 103 Å². The quantitative estimate of drug-likeness (QED) is 0.521. The van der Waals surface area contributed by atoms with Crippen LogP contribution in [0.1, 0.15) is 16.7 Å². The van der Waals surface area contributed by atoms with Gasteiger partial charge in [0.1, 0.15) is 0 Å². The van der Waals surface area contributed by atoms with Gasteiger partial charge in [-0.3, -0.25) is 4.99 Å². The van der Waals surface area contributed by atoms with Crippen molar-refractivity contribution >= 4 is 11.9 Å². The van der Waals surface area contributed by atoms with Crippen LogP contribution in [0.5, 0.6) is 0 Å². The first kappa shape index (κ1) is 13.0. The van der Waals surface area contributed by atoms with Gasteiger partial charge in [0, 0.05) is 6.54 Å². The van der Waals surface area contributed by atoms with E-state index >= 15 is 0 Å². The molecule has 0 heterocycles. The van der Waals surface area contributed by atoms with Crippen LogP contribution in [-0.4, -0.2) is 18.5 Å². The Bertz CT molecular complexity index is 444. The van der Waals surface area contributed by atoms with Crippen LogP contribution in [0.25, 0.3) is 0 Å². The van der Waals surface area contributed by atoms with E-state index in [1.54, 1.807) is 0 Å². The summed E-state index contributed by atoms with van der Waals surface area (Å²) in [4.78, 5) is 7.70. The van der Waals surface area contributed by atoms with Crippen molar-refractivity contribution in [3.05, 3.63) is 34.9 Å². The fraction of sp³-hybridized carbons (Fsp3) is 0.333. The van der Waals surface area contributed by atoms with Crippen LogP contribution in [0.15, 0.2) is 28.2 Å². The molecule has 1 aromatic rings. The molecule has 0 aliphatic rings. The second kappa shape index (κ2) is 5.89. The van der Waals surface area contributed by atoms with Gasteiger partial charge >= 0.3 is 0 Å². The number of guanidine groups is 2. The number of hydrogen-bond donors (Lipinski definition) is 3. The monoisotopic (exact) mass is 233 g/mol. The number of nitrogens with two attached hydrogens (primary N) is 3. The average Bonchev–Trinajstić information content (AvgIpc) is 2.22. The van der Waals surface area contributed by atoms with Crippen LogP contribution >= 0.6 is 0 Å². The molecule has 17 heavy (non-hydrogen) atoms. The predicted molar refractivity (Wildman–Crippen MR) is 71.9 cm³/mol. The van der Waals surface area contributed by atoms with E-state index in [1.165, 1.54) is 16.7 Å². The highest BCUT2D eigenvalue weighted by atomic mass is 15.1. The lowest BCUT2D eigenvalue weighted by atomic mass is 10.0. The molecule has 0 fully saturated rings. The summed E-state index contributed by atoms with van der Waals surface area (Å²) in [6, 6.07) is 6.35. The van der Waals surface area contributed by atoms with Crippen molar-refractivity contribution in [1.82, 2.24) is 0 Å². The molecule has 0 aromatic heterocycles. The Morgan fingerprint density at radius 2 is 1.82 bits per heavy atom. The summed E-state index contributed by atoms with van der Waals surface area (Å²) < 4.78 is 0. The van der Waals surface area contributed by atoms with E-state index in [4.69, 9.17) is 17.2 Å². The minimum absolute atomic E-state index is 0.0718. The number of aliphatic imine (C=N–C) groups is 2. The van der Waals surface area contributed by atoms with Gasteiger partial charge in [-0.25, -0.2) is 0 Å². The molecule has 0 bridgehead atoms. The van der Waals surface area contributed by atoms with Gasteiger partial charge in [-0.2, -0.15) is 4.99 Å². The predicted octanol–water partition coefficient (Wildman–Crippen LogP) is 0.434. The lowest BCUT2D eigenvalue weighted by Gasteiger charge is -2.03. The Labute approximate surface area is 101 Å². The highest BCUT2D eigenvalue weighted by Gasteiger charge is 1.96. The molecular weight excluding hydrogens is 214 g/mol. The molecule has 92 valence electrons. The van der Waals surface area contributed by atoms with Crippen molar-refractivity contribution in [1.29, 1.82) is 0 Å². The fourth-order valence-corrected chi connectivity index (χ4v) is 1.43. The largest absolute Gasteiger partial charge is 0.370 e. The number of nitrogens with zero attached hydrogens (tertiary/aromatic N) is 2. The standard InChI is InChI=1S/C12H19N5/c1-8-3-4-10(7-9(8)2)5-6-16-12(15)17-11(13)14/h3-4,7H,5-6H2,1-2H3,(H6,13,14,15,16,17). The van der Waals surface area contributed by atoms with E-state index in [2.05, 4.69) is 42.0 Å². The maximum Gasteiger partial charge on any atom is 0.218 e. The van der Waals surface area contributed by atoms with E-state index in [0.717, 1.165) is 6.42 Å². The molecule has 0 atom stereocenters. The van der Waals surface area contributed by atoms with Crippen molar-refractivity contribution in [2.24, 2.45) is 27.2 Å². The maximum atomic E-state index is 5.50. The molecule has 5 nitrogen and oxygen atoms in total. The Kier molecular flexibility index (Phi) is 4.51. The van der Waals surface area contributed by atoms with Gasteiger partial charge in [0.15, 0.2) is 5.96 Å². The van der Waals surface area contributed by atoms with Crippen LogP contribution < -0.4 is 17.2 Å². The molecular formula is C12H19N5. The zero-order valence-corrected chi connectivity index (χ0v) is 10.3. The van der Waals surface area contributed by atoms with Crippen molar-refractivity contribution in [3.63, 3.8) is 0 Å². The highest BCUT2D eigenvalue weighted by molar-refractivity contribution is 5.92. The van der Waals surface area contributed by atoms with Gasteiger partial charge in [0.25, 0.3) is 0 Å². The summed E-state index contributed by atoms with van der Waals surface area (Å²) in [6.07, 6.45) is 0.821.